The van der Waals surface area contributed by atoms with E-state index >= 15 is 0 Å². The molecule has 0 aliphatic heterocycles. The Bertz CT molecular complexity index is 775. The zero-order valence-electron chi connectivity index (χ0n) is 11.3. The molecule has 1 aromatic heterocycles. The Kier molecular flexibility index (Phi) is 4.79. The number of aromatic nitrogens is 1. The molecule has 1 aromatic carbocycles. The number of rotatable bonds is 4. The van der Waals surface area contributed by atoms with Gasteiger partial charge in [-0.15, -0.1) is 11.3 Å². The first-order valence-electron chi connectivity index (χ1n) is 5.84. The molecule has 0 atom stereocenters. The molecule has 0 amide bonds. The SMILES string of the molecule is Cc1ncc(CN(C)S(=O)(=O)c2ccc(Cl)c(N)c2Cl)s1. The van der Waals surface area contributed by atoms with Gasteiger partial charge >= 0.3 is 0 Å². The molecule has 0 fully saturated rings. The lowest BCUT2D eigenvalue weighted by atomic mass is 10.3. The van der Waals surface area contributed by atoms with Gasteiger partial charge < -0.3 is 5.73 Å². The summed E-state index contributed by atoms with van der Waals surface area (Å²) in [6, 6.07) is 2.77. The lowest BCUT2D eigenvalue weighted by Gasteiger charge is -2.18. The smallest absolute Gasteiger partial charge is 0.244 e. The standard InChI is InChI=1S/C12H13Cl2N3O2S2/c1-7-16-5-8(20-7)6-17(2)21(18,19)10-4-3-9(13)12(15)11(10)14/h3-5H,6,15H2,1-2H3. The number of benzene rings is 1. The summed E-state index contributed by atoms with van der Waals surface area (Å²) in [7, 11) is -2.28. The van der Waals surface area contributed by atoms with E-state index in [2.05, 4.69) is 4.98 Å². The van der Waals surface area contributed by atoms with Gasteiger partial charge in [0.15, 0.2) is 0 Å². The van der Waals surface area contributed by atoms with Gasteiger partial charge in [-0.1, -0.05) is 23.2 Å². The minimum atomic E-state index is -3.76. The van der Waals surface area contributed by atoms with E-state index < -0.39 is 10.0 Å². The van der Waals surface area contributed by atoms with Crippen LogP contribution in [0.5, 0.6) is 0 Å². The number of nitrogens with two attached hydrogens (primary N) is 1. The molecule has 1 heterocycles. The summed E-state index contributed by atoms with van der Waals surface area (Å²) in [5, 5.41) is 1.04. The van der Waals surface area contributed by atoms with Crippen LogP contribution in [-0.2, 0) is 16.6 Å². The van der Waals surface area contributed by atoms with Crippen molar-refractivity contribution in [2.75, 3.05) is 12.8 Å². The second-order valence-corrected chi connectivity index (χ2v) is 8.50. The summed E-state index contributed by atoms with van der Waals surface area (Å²) in [4.78, 5) is 4.89. The lowest BCUT2D eigenvalue weighted by Crippen LogP contribution is -2.26. The summed E-state index contributed by atoms with van der Waals surface area (Å²) >= 11 is 13.3. The Balaban J connectivity index is 2.35. The Morgan fingerprint density at radius 3 is 2.62 bits per heavy atom. The van der Waals surface area contributed by atoms with Crippen LogP contribution in [0.1, 0.15) is 9.88 Å². The molecule has 0 radical (unpaired) electrons. The van der Waals surface area contributed by atoms with Gasteiger partial charge in [-0.3, -0.25) is 0 Å². The maximum Gasteiger partial charge on any atom is 0.244 e. The molecule has 0 spiro atoms. The first kappa shape index (κ1) is 16.5. The number of hydrogen-bond donors (Lipinski definition) is 1. The van der Waals surface area contributed by atoms with Crippen molar-refractivity contribution in [2.45, 2.75) is 18.4 Å². The van der Waals surface area contributed by atoms with E-state index in [1.165, 1.54) is 34.8 Å². The van der Waals surface area contributed by atoms with E-state index in [0.717, 1.165) is 9.88 Å². The third-order valence-corrected chi connectivity index (χ3v) is 6.42. The number of nitrogen functional groups attached to an aromatic ring is 1. The molecular weight excluding hydrogens is 353 g/mol. The molecule has 0 unspecified atom stereocenters. The van der Waals surface area contributed by atoms with Crippen LogP contribution in [0.3, 0.4) is 0 Å². The van der Waals surface area contributed by atoms with Crippen molar-refractivity contribution in [3.63, 3.8) is 0 Å². The molecule has 2 aromatic rings. The summed E-state index contributed by atoms with van der Waals surface area (Å²) in [5.74, 6) is 0. The highest BCUT2D eigenvalue weighted by molar-refractivity contribution is 7.89. The third-order valence-electron chi connectivity index (χ3n) is 2.83. The molecule has 0 aliphatic carbocycles. The molecule has 0 aliphatic rings. The van der Waals surface area contributed by atoms with Crippen LogP contribution in [0.4, 0.5) is 5.69 Å². The number of halogens is 2. The van der Waals surface area contributed by atoms with E-state index in [9.17, 15) is 8.42 Å². The topological polar surface area (TPSA) is 76.3 Å². The minimum Gasteiger partial charge on any atom is -0.396 e. The number of aryl methyl sites for hydroxylation is 1. The van der Waals surface area contributed by atoms with E-state index in [1.807, 2.05) is 6.92 Å². The van der Waals surface area contributed by atoms with Crippen molar-refractivity contribution in [1.82, 2.24) is 9.29 Å². The van der Waals surface area contributed by atoms with E-state index in [1.54, 1.807) is 6.20 Å². The van der Waals surface area contributed by atoms with Crippen LogP contribution >= 0.6 is 34.5 Å². The van der Waals surface area contributed by atoms with Crippen molar-refractivity contribution >= 4 is 50.2 Å². The average molecular weight is 366 g/mol. The lowest BCUT2D eigenvalue weighted by molar-refractivity contribution is 0.469. The summed E-state index contributed by atoms with van der Waals surface area (Å²) < 4.78 is 26.3. The quantitative estimate of drug-likeness (QED) is 0.844. The second-order valence-electron chi connectivity index (χ2n) is 4.38. The zero-order valence-corrected chi connectivity index (χ0v) is 14.4. The molecule has 0 saturated heterocycles. The highest BCUT2D eigenvalue weighted by Gasteiger charge is 2.26. The Morgan fingerprint density at radius 2 is 2.05 bits per heavy atom. The van der Waals surface area contributed by atoms with E-state index in [-0.39, 0.29) is 27.2 Å². The summed E-state index contributed by atoms with van der Waals surface area (Å²) in [6.07, 6.45) is 1.66. The largest absolute Gasteiger partial charge is 0.396 e. The Morgan fingerprint density at radius 1 is 1.38 bits per heavy atom. The number of thiazole rings is 1. The molecule has 2 N–H and O–H groups in total. The van der Waals surface area contributed by atoms with Crippen LogP contribution in [-0.4, -0.2) is 24.8 Å². The summed E-state index contributed by atoms with van der Waals surface area (Å²) in [6.45, 7) is 2.08. The fourth-order valence-electron chi connectivity index (χ4n) is 1.70. The third kappa shape index (κ3) is 3.32. The van der Waals surface area contributed by atoms with Crippen molar-refractivity contribution in [2.24, 2.45) is 0 Å². The van der Waals surface area contributed by atoms with Crippen LogP contribution in [0.2, 0.25) is 10.0 Å². The van der Waals surface area contributed by atoms with Crippen molar-refractivity contribution in [3.05, 3.63) is 38.3 Å². The first-order valence-corrected chi connectivity index (χ1v) is 8.86. The van der Waals surface area contributed by atoms with Gasteiger partial charge in [-0.25, -0.2) is 13.4 Å². The summed E-state index contributed by atoms with van der Waals surface area (Å²) in [5.41, 5.74) is 5.74. The molecule has 114 valence electrons. The van der Waals surface area contributed by atoms with Crippen LogP contribution in [0.25, 0.3) is 0 Å². The van der Waals surface area contributed by atoms with E-state index in [0.29, 0.717) is 0 Å². The van der Waals surface area contributed by atoms with Crippen LogP contribution < -0.4 is 5.73 Å². The van der Waals surface area contributed by atoms with Crippen LogP contribution in [0.15, 0.2) is 23.2 Å². The number of nitrogens with zero attached hydrogens (tertiary/aromatic N) is 2. The van der Waals surface area contributed by atoms with Crippen molar-refractivity contribution in [1.29, 1.82) is 0 Å². The molecule has 21 heavy (non-hydrogen) atoms. The highest BCUT2D eigenvalue weighted by Crippen LogP contribution is 2.34. The molecular formula is C12H13Cl2N3O2S2. The second kappa shape index (κ2) is 6.10. The molecule has 0 bridgehead atoms. The monoisotopic (exact) mass is 365 g/mol. The Labute approximate surface area is 137 Å². The molecule has 5 nitrogen and oxygen atoms in total. The van der Waals surface area contributed by atoms with Gasteiger partial charge in [-0.2, -0.15) is 4.31 Å². The maximum atomic E-state index is 12.6. The predicted octanol–water partition coefficient (Wildman–Crippen LogP) is 3.16. The van der Waals surface area contributed by atoms with Crippen LogP contribution in [0, 0.1) is 6.92 Å². The maximum absolute atomic E-state index is 12.6. The average Bonchev–Trinajstić information content (AvgIpc) is 2.81. The fourth-order valence-corrected chi connectivity index (χ4v) is 4.51. The number of sulfonamides is 1. The number of hydrogen-bond acceptors (Lipinski definition) is 5. The predicted molar refractivity (Wildman–Crippen MR) is 86.4 cm³/mol. The fraction of sp³-hybridized carbons (Fsp3) is 0.250. The van der Waals surface area contributed by atoms with Gasteiger partial charge in [0.1, 0.15) is 4.90 Å². The van der Waals surface area contributed by atoms with Gasteiger partial charge in [0.2, 0.25) is 10.0 Å². The number of anilines is 1. The zero-order chi connectivity index (χ0) is 15.8. The van der Waals surface area contributed by atoms with Crippen molar-refractivity contribution < 1.29 is 8.42 Å². The molecule has 2 rings (SSSR count). The van der Waals surface area contributed by atoms with Gasteiger partial charge in [0, 0.05) is 24.7 Å². The molecule has 9 heteroatoms. The minimum absolute atomic E-state index is 0.0569. The van der Waals surface area contributed by atoms with Crippen molar-refractivity contribution in [3.8, 4) is 0 Å². The van der Waals surface area contributed by atoms with Gasteiger partial charge in [0.05, 0.1) is 20.7 Å². The van der Waals surface area contributed by atoms with Gasteiger partial charge in [-0.05, 0) is 19.1 Å². The normalized spacial score (nSPS) is 12.0. The Hall–Kier alpha value is -0.860. The first-order chi connectivity index (χ1) is 9.73. The van der Waals surface area contributed by atoms with Gasteiger partial charge in [0.25, 0.3) is 0 Å². The highest BCUT2D eigenvalue weighted by atomic mass is 35.5. The molecule has 0 saturated carbocycles. The van der Waals surface area contributed by atoms with E-state index in [4.69, 9.17) is 28.9 Å².